The van der Waals surface area contributed by atoms with Crippen molar-refractivity contribution in [3.05, 3.63) is 99.8 Å². The zero-order valence-corrected chi connectivity index (χ0v) is 18.4. The molecule has 0 fully saturated rings. The largest absolute Gasteiger partial charge is 0.496 e. The number of ether oxygens (including phenoxy) is 2. The van der Waals surface area contributed by atoms with Gasteiger partial charge in [-0.25, -0.2) is 4.39 Å². The second-order valence-electron chi connectivity index (χ2n) is 7.41. The van der Waals surface area contributed by atoms with Crippen LogP contribution in [-0.4, -0.2) is 12.9 Å². The number of carbonyl (C=O) groups is 1. The second kappa shape index (κ2) is 10.3. The second-order valence-corrected chi connectivity index (χ2v) is 7.82. The van der Waals surface area contributed by atoms with Crippen LogP contribution in [0.4, 0.5) is 4.39 Å². The molecule has 0 N–H and O–H groups in total. The summed E-state index contributed by atoms with van der Waals surface area (Å²) in [6, 6.07) is 17.4. The highest BCUT2D eigenvalue weighted by atomic mass is 35.5. The Morgan fingerprint density at radius 1 is 1.06 bits per heavy atom. The van der Waals surface area contributed by atoms with Crippen LogP contribution in [0, 0.1) is 5.82 Å². The fourth-order valence-corrected chi connectivity index (χ4v) is 3.21. The number of hydrogen-bond donors (Lipinski definition) is 0. The van der Waals surface area contributed by atoms with E-state index in [9.17, 15) is 9.18 Å². The molecule has 0 saturated heterocycles. The first-order valence-corrected chi connectivity index (χ1v) is 10.3. The Morgan fingerprint density at radius 3 is 2.45 bits per heavy atom. The van der Waals surface area contributed by atoms with Crippen molar-refractivity contribution < 1.29 is 18.7 Å². The quantitative estimate of drug-likeness (QED) is 0.278. The van der Waals surface area contributed by atoms with Crippen LogP contribution in [0.25, 0.3) is 6.08 Å². The van der Waals surface area contributed by atoms with E-state index in [2.05, 4.69) is 13.8 Å². The van der Waals surface area contributed by atoms with Crippen molar-refractivity contribution in [1.29, 1.82) is 0 Å². The molecule has 0 aliphatic heterocycles. The Balaban J connectivity index is 1.72. The summed E-state index contributed by atoms with van der Waals surface area (Å²) in [6.45, 7) is 4.44. The Bertz CT molecular complexity index is 1090. The summed E-state index contributed by atoms with van der Waals surface area (Å²) in [7, 11) is 1.58. The van der Waals surface area contributed by atoms with Crippen molar-refractivity contribution in [3.63, 3.8) is 0 Å². The molecule has 0 amide bonds. The van der Waals surface area contributed by atoms with Gasteiger partial charge in [0.1, 0.15) is 23.9 Å². The Hall–Kier alpha value is -3.11. The minimum atomic E-state index is -0.498. The standard InChI is InChI=1S/C26H24ClFO3/c1-17(2)19-6-8-20(9-7-19)25(29)12-4-18-5-13-26(30-3)21(14-18)16-31-22-10-11-24(28)23(27)15-22/h4-15,17H,16H2,1-3H3/b12-4+. The van der Waals surface area contributed by atoms with Gasteiger partial charge in [-0.3, -0.25) is 4.79 Å². The molecule has 0 heterocycles. The van der Waals surface area contributed by atoms with E-state index in [-0.39, 0.29) is 17.4 Å². The van der Waals surface area contributed by atoms with Crippen LogP contribution in [0.2, 0.25) is 5.02 Å². The van der Waals surface area contributed by atoms with Crippen LogP contribution in [-0.2, 0) is 6.61 Å². The summed E-state index contributed by atoms with van der Waals surface area (Å²) < 4.78 is 24.4. The molecule has 0 unspecified atom stereocenters. The lowest BCUT2D eigenvalue weighted by Crippen LogP contribution is -2.00. The highest BCUT2D eigenvalue weighted by Gasteiger charge is 2.08. The molecular weight excluding hydrogens is 415 g/mol. The Kier molecular flexibility index (Phi) is 7.48. The number of ketones is 1. The number of halogens is 2. The minimum absolute atomic E-state index is 0.00101. The minimum Gasteiger partial charge on any atom is -0.496 e. The topological polar surface area (TPSA) is 35.5 Å². The average molecular weight is 439 g/mol. The summed E-state index contributed by atoms with van der Waals surface area (Å²) in [6.07, 6.45) is 3.31. The third-order valence-corrected chi connectivity index (χ3v) is 5.17. The number of allylic oxidation sites excluding steroid dienone is 1. The zero-order chi connectivity index (χ0) is 22.4. The van der Waals surface area contributed by atoms with Gasteiger partial charge in [-0.1, -0.05) is 61.9 Å². The maximum atomic E-state index is 13.3. The lowest BCUT2D eigenvalue weighted by Gasteiger charge is -2.11. The zero-order valence-electron chi connectivity index (χ0n) is 17.7. The van der Waals surface area contributed by atoms with E-state index in [4.69, 9.17) is 21.1 Å². The van der Waals surface area contributed by atoms with E-state index in [1.807, 2.05) is 42.5 Å². The van der Waals surface area contributed by atoms with Crippen LogP contribution in [0.3, 0.4) is 0 Å². The molecule has 3 rings (SSSR count). The first-order chi connectivity index (χ1) is 14.9. The third kappa shape index (κ3) is 5.96. The maximum Gasteiger partial charge on any atom is 0.185 e. The van der Waals surface area contributed by atoms with E-state index in [0.717, 1.165) is 11.1 Å². The number of hydrogen-bond acceptors (Lipinski definition) is 3. The maximum absolute atomic E-state index is 13.3. The van der Waals surface area contributed by atoms with Crippen LogP contribution >= 0.6 is 11.6 Å². The molecule has 31 heavy (non-hydrogen) atoms. The van der Waals surface area contributed by atoms with E-state index >= 15 is 0 Å². The van der Waals surface area contributed by atoms with Crippen molar-refractivity contribution in [2.75, 3.05) is 7.11 Å². The molecule has 0 aliphatic rings. The molecule has 0 aromatic heterocycles. The van der Waals surface area contributed by atoms with Gasteiger partial charge in [0.25, 0.3) is 0 Å². The van der Waals surface area contributed by atoms with Gasteiger partial charge in [-0.05, 0) is 47.4 Å². The summed E-state index contributed by atoms with van der Waals surface area (Å²) >= 11 is 5.80. The predicted octanol–water partition coefficient (Wildman–Crippen LogP) is 7.09. The molecule has 3 aromatic carbocycles. The van der Waals surface area contributed by atoms with Crippen LogP contribution in [0.1, 0.15) is 46.8 Å². The molecule has 0 bridgehead atoms. The first kappa shape index (κ1) is 22.6. The highest BCUT2D eigenvalue weighted by molar-refractivity contribution is 6.30. The number of rotatable bonds is 8. The first-order valence-electron chi connectivity index (χ1n) is 9.94. The molecule has 0 saturated carbocycles. The smallest absolute Gasteiger partial charge is 0.185 e. The predicted molar refractivity (Wildman–Crippen MR) is 123 cm³/mol. The van der Waals surface area contributed by atoms with E-state index < -0.39 is 5.82 Å². The van der Waals surface area contributed by atoms with Crippen LogP contribution < -0.4 is 9.47 Å². The van der Waals surface area contributed by atoms with Crippen LogP contribution in [0.15, 0.2) is 66.7 Å². The summed E-state index contributed by atoms with van der Waals surface area (Å²) in [4.78, 5) is 12.5. The van der Waals surface area contributed by atoms with Gasteiger partial charge in [-0.2, -0.15) is 0 Å². The molecule has 3 aromatic rings. The van der Waals surface area contributed by atoms with Crippen molar-refractivity contribution >= 4 is 23.5 Å². The Labute approximate surface area is 187 Å². The third-order valence-electron chi connectivity index (χ3n) is 4.88. The SMILES string of the molecule is COc1ccc(/C=C/C(=O)c2ccc(C(C)C)cc2)cc1COc1ccc(F)c(Cl)c1. The van der Waals surface area contributed by atoms with Crippen LogP contribution in [0.5, 0.6) is 11.5 Å². The molecule has 5 heteroatoms. The molecule has 0 spiro atoms. The van der Waals surface area contributed by atoms with E-state index in [1.54, 1.807) is 19.3 Å². The normalized spacial score (nSPS) is 11.2. The molecule has 0 atom stereocenters. The van der Waals surface area contributed by atoms with Gasteiger partial charge in [0.2, 0.25) is 0 Å². The van der Waals surface area contributed by atoms with Gasteiger partial charge in [0.15, 0.2) is 5.78 Å². The number of methoxy groups -OCH3 is 1. The summed E-state index contributed by atoms with van der Waals surface area (Å²) in [5.41, 5.74) is 3.47. The average Bonchev–Trinajstić information content (AvgIpc) is 2.78. The number of benzene rings is 3. The van der Waals surface area contributed by atoms with Gasteiger partial charge in [0.05, 0.1) is 12.1 Å². The lowest BCUT2D eigenvalue weighted by atomic mass is 10.00. The van der Waals surface area contributed by atoms with Crippen molar-refractivity contribution in [2.24, 2.45) is 0 Å². The fourth-order valence-electron chi connectivity index (χ4n) is 3.04. The van der Waals surface area contributed by atoms with Gasteiger partial charge >= 0.3 is 0 Å². The Morgan fingerprint density at radius 2 is 1.81 bits per heavy atom. The molecule has 0 radical (unpaired) electrons. The summed E-state index contributed by atoms with van der Waals surface area (Å²) in [5.74, 6) is 0.966. The lowest BCUT2D eigenvalue weighted by molar-refractivity contribution is 0.104. The van der Waals surface area contributed by atoms with Crippen molar-refractivity contribution in [2.45, 2.75) is 26.4 Å². The summed E-state index contributed by atoms with van der Waals surface area (Å²) in [5, 5.41) is 0.00101. The van der Waals surface area contributed by atoms with E-state index in [0.29, 0.717) is 23.0 Å². The molecule has 3 nitrogen and oxygen atoms in total. The van der Waals surface area contributed by atoms with Gasteiger partial charge < -0.3 is 9.47 Å². The van der Waals surface area contributed by atoms with Crippen molar-refractivity contribution in [3.8, 4) is 11.5 Å². The van der Waals surface area contributed by atoms with E-state index in [1.165, 1.54) is 23.8 Å². The van der Waals surface area contributed by atoms with Gasteiger partial charge in [0, 0.05) is 17.2 Å². The highest BCUT2D eigenvalue weighted by Crippen LogP contribution is 2.25. The molecule has 160 valence electrons. The van der Waals surface area contributed by atoms with Crippen molar-refractivity contribution in [1.82, 2.24) is 0 Å². The number of carbonyl (C=O) groups excluding carboxylic acids is 1. The molecular formula is C26H24ClFO3. The monoisotopic (exact) mass is 438 g/mol. The molecule has 0 aliphatic carbocycles. The fraction of sp³-hybridized carbons (Fsp3) is 0.192. The van der Waals surface area contributed by atoms with Gasteiger partial charge in [-0.15, -0.1) is 0 Å².